The van der Waals surface area contributed by atoms with Gasteiger partial charge in [0.2, 0.25) is 5.91 Å². The summed E-state index contributed by atoms with van der Waals surface area (Å²) in [7, 11) is 0. The second-order valence-electron chi connectivity index (χ2n) is 7.89. The molecule has 2 aromatic rings. The molecule has 4 rings (SSSR count). The molecule has 2 aliphatic rings. The van der Waals surface area contributed by atoms with Crippen molar-refractivity contribution in [1.29, 1.82) is 0 Å². The quantitative estimate of drug-likeness (QED) is 0.462. The van der Waals surface area contributed by atoms with Crippen LogP contribution in [0.2, 0.25) is 0 Å². The molecule has 156 valence electrons. The molecule has 0 aromatic heterocycles. The number of thioether (sulfide) groups is 1. The number of carbonyl (C=O) groups excluding carboxylic acids is 1. The Labute approximate surface area is 198 Å². The second-order valence-corrected chi connectivity index (χ2v) is 10.7. The molecule has 4 nitrogen and oxygen atoms in total. The van der Waals surface area contributed by atoms with E-state index in [9.17, 15) is 4.79 Å². The molecule has 0 bridgehead atoms. The van der Waals surface area contributed by atoms with E-state index in [-0.39, 0.29) is 11.6 Å². The highest BCUT2D eigenvalue weighted by Crippen LogP contribution is 2.40. The SMILES string of the molecule is CC1CCC2(CC1)N=C(SCC(=O)Nc1ccc(Br)cc1)C(c1ccc(Br)cc1)=N2. The van der Waals surface area contributed by atoms with Gasteiger partial charge in [-0.1, -0.05) is 62.7 Å². The van der Waals surface area contributed by atoms with E-state index in [0.717, 1.165) is 62.6 Å². The molecule has 0 unspecified atom stereocenters. The maximum Gasteiger partial charge on any atom is 0.234 e. The number of anilines is 1. The smallest absolute Gasteiger partial charge is 0.234 e. The number of nitrogens with zero attached hydrogens (tertiary/aromatic N) is 2. The molecule has 7 heteroatoms. The Bertz CT molecular complexity index is 979. The van der Waals surface area contributed by atoms with Crippen molar-refractivity contribution in [3.8, 4) is 0 Å². The van der Waals surface area contributed by atoms with E-state index >= 15 is 0 Å². The first-order valence-electron chi connectivity index (χ1n) is 10.1. The molecule has 1 heterocycles. The lowest BCUT2D eigenvalue weighted by molar-refractivity contribution is -0.113. The predicted octanol–water partition coefficient (Wildman–Crippen LogP) is 6.69. The lowest BCUT2D eigenvalue weighted by Crippen LogP contribution is -2.28. The number of amides is 1. The van der Waals surface area contributed by atoms with Gasteiger partial charge >= 0.3 is 0 Å². The third-order valence-electron chi connectivity index (χ3n) is 5.49. The zero-order chi connectivity index (χ0) is 21.1. The molecule has 1 N–H and O–H groups in total. The van der Waals surface area contributed by atoms with E-state index in [1.807, 2.05) is 36.4 Å². The molecule has 1 aliphatic carbocycles. The van der Waals surface area contributed by atoms with Crippen molar-refractivity contribution >= 4 is 66.0 Å². The summed E-state index contributed by atoms with van der Waals surface area (Å²) in [5.41, 5.74) is 2.41. The van der Waals surface area contributed by atoms with Crippen molar-refractivity contribution in [1.82, 2.24) is 0 Å². The van der Waals surface area contributed by atoms with Gasteiger partial charge in [0, 0.05) is 20.2 Å². The minimum atomic E-state index is -0.348. The lowest BCUT2D eigenvalue weighted by Gasteiger charge is -2.30. The largest absolute Gasteiger partial charge is 0.325 e. The van der Waals surface area contributed by atoms with Crippen LogP contribution in [-0.4, -0.2) is 28.1 Å². The van der Waals surface area contributed by atoms with Gasteiger partial charge in [-0.05, 0) is 68.0 Å². The van der Waals surface area contributed by atoms with Crippen molar-refractivity contribution in [2.75, 3.05) is 11.1 Å². The molecular formula is C23H23Br2N3OS. The normalized spacial score (nSPS) is 23.2. The molecule has 1 saturated carbocycles. The minimum Gasteiger partial charge on any atom is -0.325 e. The average molecular weight is 549 g/mol. The first-order valence-corrected chi connectivity index (χ1v) is 12.6. The van der Waals surface area contributed by atoms with E-state index in [1.165, 1.54) is 11.8 Å². The molecule has 0 saturated heterocycles. The lowest BCUT2D eigenvalue weighted by atomic mass is 9.83. The Kier molecular flexibility index (Phi) is 6.80. The molecule has 0 radical (unpaired) electrons. The molecule has 30 heavy (non-hydrogen) atoms. The van der Waals surface area contributed by atoms with Crippen LogP contribution in [0.5, 0.6) is 0 Å². The van der Waals surface area contributed by atoms with Crippen molar-refractivity contribution in [3.05, 3.63) is 63.0 Å². The first-order chi connectivity index (χ1) is 14.4. The number of aliphatic imine (C=N–C) groups is 2. The predicted molar refractivity (Wildman–Crippen MR) is 134 cm³/mol. The fraction of sp³-hybridized carbons (Fsp3) is 0.348. The molecular weight excluding hydrogens is 526 g/mol. The van der Waals surface area contributed by atoms with Crippen LogP contribution in [0.4, 0.5) is 5.69 Å². The summed E-state index contributed by atoms with van der Waals surface area (Å²) in [5.74, 6) is 0.987. The van der Waals surface area contributed by atoms with E-state index in [0.29, 0.717) is 5.75 Å². The van der Waals surface area contributed by atoms with Gasteiger partial charge in [0.15, 0.2) is 5.66 Å². The highest BCUT2D eigenvalue weighted by atomic mass is 79.9. The van der Waals surface area contributed by atoms with Crippen molar-refractivity contribution < 1.29 is 4.79 Å². The summed E-state index contributed by atoms with van der Waals surface area (Å²) in [5, 5.41) is 3.82. The molecule has 1 spiro atoms. The van der Waals surface area contributed by atoms with Crippen LogP contribution in [-0.2, 0) is 4.79 Å². The first kappa shape index (κ1) is 21.8. The highest BCUT2D eigenvalue weighted by molar-refractivity contribution is 9.10. The Morgan fingerprint density at radius 1 is 1.03 bits per heavy atom. The van der Waals surface area contributed by atoms with Crippen LogP contribution in [0.15, 0.2) is 67.5 Å². The van der Waals surface area contributed by atoms with Gasteiger partial charge in [-0.3, -0.25) is 9.79 Å². The Balaban J connectivity index is 1.50. The van der Waals surface area contributed by atoms with Gasteiger partial charge in [0.1, 0.15) is 5.04 Å². The van der Waals surface area contributed by atoms with Crippen molar-refractivity contribution in [2.45, 2.75) is 38.3 Å². The zero-order valence-electron chi connectivity index (χ0n) is 16.7. The summed E-state index contributed by atoms with van der Waals surface area (Å²) in [4.78, 5) is 22.7. The van der Waals surface area contributed by atoms with Crippen LogP contribution in [0.1, 0.15) is 38.2 Å². The average Bonchev–Trinajstić information content (AvgIpc) is 3.09. The van der Waals surface area contributed by atoms with Gasteiger partial charge in [-0.2, -0.15) is 0 Å². The topological polar surface area (TPSA) is 53.8 Å². The van der Waals surface area contributed by atoms with Gasteiger partial charge in [0.05, 0.1) is 11.5 Å². The van der Waals surface area contributed by atoms with Crippen LogP contribution in [0.3, 0.4) is 0 Å². The molecule has 2 aromatic carbocycles. The van der Waals surface area contributed by atoms with Gasteiger partial charge in [0.25, 0.3) is 0 Å². The minimum absolute atomic E-state index is 0.0432. The third kappa shape index (κ3) is 5.24. The standard InChI is InChI=1S/C23H23Br2N3OS/c1-15-10-12-23(13-11-15)27-21(16-2-4-17(24)5-3-16)22(28-23)30-14-20(29)26-19-8-6-18(25)7-9-19/h2-9,15H,10-14H2,1H3,(H,26,29). The van der Waals surface area contributed by atoms with Crippen LogP contribution >= 0.6 is 43.6 Å². The monoisotopic (exact) mass is 547 g/mol. The van der Waals surface area contributed by atoms with E-state index in [2.05, 4.69) is 56.2 Å². The Morgan fingerprint density at radius 3 is 2.27 bits per heavy atom. The van der Waals surface area contributed by atoms with Crippen molar-refractivity contribution in [3.63, 3.8) is 0 Å². The number of carbonyl (C=O) groups is 1. The number of hydrogen-bond acceptors (Lipinski definition) is 4. The number of benzene rings is 2. The molecule has 1 fully saturated rings. The molecule has 1 amide bonds. The third-order valence-corrected chi connectivity index (χ3v) is 7.51. The summed E-state index contributed by atoms with van der Waals surface area (Å²) in [6.07, 6.45) is 4.23. The van der Waals surface area contributed by atoms with E-state index in [4.69, 9.17) is 9.98 Å². The zero-order valence-corrected chi connectivity index (χ0v) is 20.7. The summed E-state index contributed by atoms with van der Waals surface area (Å²) >= 11 is 8.39. The van der Waals surface area contributed by atoms with Crippen LogP contribution < -0.4 is 5.32 Å². The number of halogens is 2. The van der Waals surface area contributed by atoms with Gasteiger partial charge in [-0.25, -0.2) is 4.99 Å². The maximum atomic E-state index is 12.5. The van der Waals surface area contributed by atoms with Gasteiger partial charge < -0.3 is 5.32 Å². The second kappa shape index (κ2) is 9.37. The number of hydrogen-bond donors (Lipinski definition) is 1. The van der Waals surface area contributed by atoms with Gasteiger partial charge in [-0.15, -0.1) is 0 Å². The van der Waals surface area contributed by atoms with Crippen LogP contribution in [0, 0.1) is 5.92 Å². The molecule has 0 atom stereocenters. The Morgan fingerprint density at radius 2 is 1.63 bits per heavy atom. The fourth-order valence-electron chi connectivity index (χ4n) is 3.73. The highest BCUT2D eigenvalue weighted by Gasteiger charge is 2.39. The fourth-order valence-corrected chi connectivity index (χ4v) is 5.13. The number of rotatable bonds is 4. The Hall–Kier alpha value is -1.44. The summed E-state index contributed by atoms with van der Waals surface area (Å²) in [6, 6.07) is 15.8. The summed E-state index contributed by atoms with van der Waals surface area (Å²) in [6.45, 7) is 2.30. The van der Waals surface area contributed by atoms with Crippen molar-refractivity contribution in [2.24, 2.45) is 15.9 Å². The summed E-state index contributed by atoms with van der Waals surface area (Å²) < 4.78 is 2.02. The van der Waals surface area contributed by atoms with E-state index < -0.39 is 0 Å². The van der Waals surface area contributed by atoms with Crippen LogP contribution in [0.25, 0.3) is 0 Å². The van der Waals surface area contributed by atoms with E-state index in [1.54, 1.807) is 0 Å². The molecule has 1 aliphatic heterocycles. The number of nitrogens with one attached hydrogen (secondary N) is 1. The maximum absolute atomic E-state index is 12.5.